The highest BCUT2D eigenvalue weighted by Crippen LogP contribution is 2.25. The molecule has 1 aliphatic heterocycles. The minimum atomic E-state index is -0.583. The topological polar surface area (TPSA) is 72.6 Å². The fourth-order valence-corrected chi connectivity index (χ4v) is 3.02. The summed E-state index contributed by atoms with van der Waals surface area (Å²) in [5, 5.41) is 3.97. The van der Waals surface area contributed by atoms with Crippen LogP contribution in [0.15, 0.2) is 34.9 Å². The lowest BCUT2D eigenvalue weighted by Crippen LogP contribution is -2.35. The van der Waals surface area contributed by atoms with Gasteiger partial charge in [-0.25, -0.2) is 4.79 Å². The number of hydrogen-bond acceptors (Lipinski definition) is 5. The monoisotopic (exact) mass is 342 g/mol. The number of benzene rings is 1. The second kappa shape index (κ2) is 7.96. The molecule has 1 aliphatic rings. The number of carbonyl (C=O) groups is 2. The number of hydrogen-bond donors (Lipinski definition) is 0. The molecule has 2 heterocycles. The molecule has 0 radical (unpaired) electrons. The molecule has 6 heteroatoms. The highest BCUT2D eigenvalue weighted by atomic mass is 16.5. The fraction of sp³-hybridized carbons (Fsp3) is 0.421. The molecule has 0 unspecified atom stereocenters. The van der Waals surface area contributed by atoms with Crippen LogP contribution in [0.1, 0.15) is 41.8 Å². The maximum absolute atomic E-state index is 12.5. The number of likely N-dealkylation sites (tertiary alicyclic amines) is 1. The molecule has 1 saturated heterocycles. The Balaban J connectivity index is 1.67. The molecular formula is C19H22N2O4. The zero-order chi connectivity index (χ0) is 17.6. The molecule has 1 amide bonds. The Morgan fingerprint density at radius 1 is 1.12 bits per heavy atom. The molecule has 0 bridgehead atoms. The summed E-state index contributed by atoms with van der Waals surface area (Å²) >= 11 is 0. The minimum absolute atomic E-state index is 0.148. The summed E-state index contributed by atoms with van der Waals surface area (Å²) in [6.45, 7) is 2.88. The van der Waals surface area contributed by atoms with E-state index in [9.17, 15) is 9.59 Å². The maximum atomic E-state index is 12.5. The van der Waals surface area contributed by atoms with Crippen molar-refractivity contribution >= 4 is 11.9 Å². The Hall–Kier alpha value is -2.63. The van der Waals surface area contributed by atoms with Gasteiger partial charge in [0.15, 0.2) is 6.61 Å². The lowest BCUT2D eigenvalue weighted by molar-refractivity contribution is -0.134. The molecular weight excluding hydrogens is 320 g/mol. The van der Waals surface area contributed by atoms with Crippen LogP contribution in [0.2, 0.25) is 0 Å². The third kappa shape index (κ3) is 4.07. The number of aryl methyl sites for hydroxylation is 1. The smallest absolute Gasteiger partial charge is 0.344 e. The van der Waals surface area contributed by atoms with Gasteiger partial charge in [0.1, 0.15) is 17.0 Å². The first kappa shape index (κ1) is 17.2. The van der Waals surface area contributed by atoms with Crippen LogP contribution >= 0.6 is 0 Å². The number of nitrogens with zero attached hydrogens (tertiary/aromatic N) is 2. The summed E-state index contributed by atoms with van der Waals surface area (Å²) in [7, 11) is 0. The van der Waals surface area contributed by atoms with Crippen LogP contribution in [0.4, 0.5) is 0 Å². The number of esters is 1. The van der Waals surface area contributed by atoms with Crippen molar-refractivity contribution in [1.82, 2.24) is 10.1 Å². The van der Waals surface area contributed by atoms with Crippen molar-refractivity contribution in [3.63, 3.8) is 0 Å². The van der Waals surface area contributed by atoms with Crippen LogP contribution in [-0.4, -0.2) is 41.6 Å². The molecule has 6 nitrogen and oxygen atoms in total. The first-order valence-electron chi connectivity index (χ1n) is 8.63. The summed E-state index contributed by atoms with van der Waals surface area (Å²) in [5.74, 6) is -0.350. The average Bonchev–Trinajstić information content (AvgIpc) is 2.85. The molecule has 1 aromatic heterocycles. The second-order valence-corrected chi connectivity index (χ2v) is 6.20. The summed E-state index contributed by atoms with van der Waals surface area (Å²) in [6, 6.07) is 9.29. The molecule has 0 spiro atoms. The van der Waals surface area contributed by atoms with E-state index in [1.165, 1.54) is 0 Å². The molecule has 1 fully saturated rings. The van der Waals surface area contributed by atoms with Gasteiger partial charge in [0.05, 0.1) is 0 Å². The largest absolute Gasteiger partial charge is 0.452 e. The summed E-state index contributed by atoms with van der Waals surface area (Å²) in [6.07, 6.45) is 4.29. The number of aromatic nitrogens is 1. The van der Waals surface area contributed by atoms with Crippen molar-refractivity contribution in [2.24, 2.45) is 0 Å². The van der Waals surface area contributed by atoms with E-state index in [-0.39, 0.29) is 18.1 Å². The van der Waals surface area contributed by atoms with Crippen LogP contribution in [0.25, 0.3) is 11.3 Å². The minimum Gasteiger partial charge on any atom is -0.452 e. The molecule has 0 N–H and O–H groups in total. The van der Waals surface area contributed by atoms with Crippen LogP contribution in [0.5, 0.6) is 0 Å². The van der Waals surface area contributed by atoms with Gasteiger partial charge in [0, 0.05) is 18.7 Å². The van der Waals surface area contributed by atoms with E-state index in [1.807, 2.05) is 30.3 Å². The summed E-state index contributed by atoms with van der Waals surface area (Å²) < 4.78 is 10.4. The predicted molar refractivity (Wildman–Crippen MR) is 92.0 cm³/mol. The molecule has 0 saturated carbocycles. The van der Waals surface area contributed by atoms with Crippen molar-refractivity contribution in [3.8, 4) is 11.3 Å². The van der Waals surface area contributed by atoms with Gasteiger partial charge in [-0.1, -0.05) is 48.3 Å². The van der Waals surface area contributed by atoms with Gasteiger partial charge in [0.2, 0.25) is 0 Å². The maximum Gasteiger partial charge on any atom is 0.344 e. The van der Waals surface area contributed by atoms with Crippen molar-refractivity contribution in [3.05, 3.63) is 41.7 Å². The zero-order valence-corrected chi connectivity index (χ0v) is 14.4. The van der Waals surface area contributed by atoms with E-state index in [0.29, 0.717) is 11.5 Å². The zero-order valence-electron chi connectivity index (χ0n) is 14.4. The molecule has 1 aromatic carbocycles. The molecule has 25 heavy (non-hydrogen) atoms. The van der Waals surface area contributed by atoms with Crippen LogP contribution in [0, 0.1) is 6.92 Å². The number of ether oxygens (including phenoxy) is 1. The fourth-order valence-electron chi connectivity index (χ4n) is 3.02. The van der Waals surface area contributed by atoms with Gasteiger partial charge < -0.3 is 14.2 Å². The second-order valence-electron chi connectivity index (χ2n) is 6.20. The normalized spacial score (nSPS) is 14.8. The first-order valence-corrected chi connectivity index (χ1v) is 8.63. The lowest BCUT2D eigenvalue weighted by Gasteiger charge is -2.19. The van der Waals surface area contributed by atoms with Crippen molar-refractivity contribution in [1.29, 1.82) is 0 Å². The lowest BCUT2D eigenvalue weighted by atomic mass is 10.1. The van der Waals surface area contributed by atoms with Gasteiger partial charge in [-0.2, -0.15) is 0 Å². The van der Waals surface area contributed by atoms with Gasteiger partial charge in [0.25, 0.3) is 5.91 Å². The van der Waals surface area contributed by atoms with Crippen LogP contribution < -0.4 is 0 Å². The number of rotatable bonds is 4. The standard InChI is InChI=1S/C19H22N2O4/c1-14-17(18(20-25-14)15-9-5-4-6-10-15)19(23)24-13-16(22)21-11-7-2-3-8-12-21/h4-6,9-10H,2-3,7-8,11-13H2,1H3. The van der Waals surface area contributed by atoms with Gasteiger partial charge in [-0.15, -0.1) is 0 Å². The molecule has 0 atom stereocenters. The number of carbonyl (C=O) groups excluding carboxylic acids is 2. The molecule has 3 rings (SSSR count). The third-order valence-corrected chi connectivity index (χ3v) is 4.40. The Labute approximate surface area is 146 Å². The molecule has 0 aliphatic carbocycles. The highest BCUT2D eigenvalue weighted by molar-refractivity contribution is 5.98. The SMILES string of the molecule is Cc1onc(-c2ccccc2)c1C(=O)OCC(=O)N1CCCCCC1. The Kier molecular flexibility index (Phi) is 5.48. The Morgan fingerprint density at radius 3 is 2.48 bits per heavy atom. The van der Waals surface area contributed by atoms with E-state index in [4.69, 9.17) is 9.26 Å². The predicted octanol–water partition coefficient (Wildman–Crippen LogP) is 3.21. The van der Waals surface area contributed by atoms with E-state index >= 15 is 0 Å². The highest BCUT2D eigenvalue weighted by Gasteiger charge is 2.24. The van der Waals surface area contributed by atoms with E-state index < -0.39 is 5.97 Å². The van der Waals surface area contributed by atoms with Crippen molar-refractivity contribution in [2.45, 2.75) is 32.6 Å². The van der Waals surface area contributed by atoms with E-state index in [0.717, 1.165) is 44.3 Å². The molecule has 132 valence electrons. The first-order chi connectivity index (χ1) is 12.2. The van der Waals surface area contributed by atoms with E-state index in [2.05, 4.69) is 5.16 Å². The summed E-state index contributed by atoms with van der Waals surface area (Å²) in [4.78, 5) is 26.5. The van der Waals surface area contributed by atoms with Crippen molar-refractivity contribution in [2.75, 3.05) is 19.7 Å². The Bertz CT molecular complexity index is 731. The molecule has 2 aromatic rings. The number of amides is 1. The average molecular weight is 342 g/mol. The van der Waals surface area contributed by atoms with Gasteiger partial charge in [-0.3, -0.25) is 4.79 Å². The van der Waals surface area contributed by atoms with E-state index in [1.54, 1.807) is 11.8 Å². The van der Waals surface area contributed by atoms with Crippen LogP contribution in [0.3, 0.4) is 0 Å². The van der Waals surface area contributed by atoms with Gasteiger partial charge >= 0.3 is 5.97 Å². The quantitative estimate of drug-likeness (QED) is 0.798. The van der Waals surface area contributed by atoms with Crippen LogP contribution in [-0.2, 0) is 9.53 Å². The Morgan fingerprint density at radius 2 is 1.80 bits per heavy atom. The third-order valence-electron chi connectivity index (χ3n) is 4.40. The van der Waals surface area contributed by atoms with Crippen molar-refractivity contribution < 1.29 is 18.8 Å². The summed E-state index contributed by atoms with van der Waals surface area (Å²) in [5.41, 5.74) is 1.48. The van der Waals surface area contributed by atoms with Gasteiger partial charge in [-0.05, 0) is 19.8 Å².